The molecule has 34 heavy (non-hydrogen) atoms. The van der Waals surface area contributed by atoms with Gasteiger partial charge < -0.3 is 25.4 Å². The van der Waals surface area contributed by atoms with E-state index in [4.69, 9.17) is 15.2 Å². The highest BCUT2D eigenvalue weighted by molar-refractivity contribution is 7.13. The zero-order chi connectivity index (χ0) is 24.2. The normalized spacial score (nSPS) is 12.9. The maximum atomic E-state index is 12.9. The summed E-state index contributed by atoms with van der Waals surface area (Å²) in [6.07, 6.45) is 0.596. The van der Waals surface area contributed by atoms with Gasteiger partial charge in [0.05, 0.1) is 30.7 Å². The summed E-state index contributed by atoms with van der Waals surface area (Å²) in [5.74, 6) is 1.24. The van der Waals surface area contributed by atoms with E-state index in [-0.39, 0.29) is 18.4 Å². The lowest BCUT2D eigenvalue weighted by molar-refractivity contribution is -0.134. The molecule has 178 valence electrons. The summed E-state index contributed by atoms with van der Waals surface area (Å²) >= 11 is 1.31. The summed E-state index contributed by atoms with van der Waals surface area (Å²) < 4.78 is 10.7. The first-order valence-electron chi connectivity index (χ1n) is 11.1. The number of nitrogen functional groups attached to an aromatic ring is 1. The number of ether oxygens (including phenoxy) is 2. The van der Waals surface area contributed by atoms with Gasteiger partial charge in [0.15, 0.2) is 11.6 Å². The van der Waals surface area contributed by atoms with Crippen LogP contribution in [0.25, 0.3) is 0 Å². The molecule has 0 fully saturated rings. The number of rotatable bonds is 7. The Morgan fingerprint density at radius 3 is 2.62 bits per heavy atom. The van der Waals surface area contributed by atoms with Crippen molar-refractivity contribution in [2.45, 2.75) is 32.7 Å². The smallest absolute Gasteiger partial charge is 0.284 e. The molecule has 8 nitrogen and oxygen atoms in total. The van der Waals surface area contributed by atoms with Crippen molar-refractivity contribution in [2.24, 2.45) is 0 Å². The van der Waals surface area contributed by atoms with Crippen molar-refractivity contribution >= 4 is 34.5 Å². The second kappa shape index (κ2) is 10.1. The number of amides is 2. The maximum Gasteiger partial charge on any atom is 0.284 e. The average Bonchev–Trinajstić information content (AvgIpc) is 3.27. The Balaban J connectivity index is 1.37. The van der Waals surface area contributed by atoms with Crippen molar-refractivity contribution in [3.8, 4) is 11.5 Å². The predicted octanol–water partition coefficient (Wildman–Crippen LogP) is 4.07. The molecule has 0 atom stereocenters. The Labute approximate surface area is 202 Å². The molecule has 2 amide bonds. The van der Waals surface area contributed by atoms with Crippen LogP contribution in [0.4, 0.5) is 11.4 Å². The first kappa shape index (κ1) is 23.6. The molecule has 0 radical (unpaired) electrons. The van der Waals surface area contributed by atoms with Crippen LogP contribution >= 0.6 is 11.3 Å². The van der Waals surface area contributed by atoms with Gasteiger partial charge in [0.1, 0.15) is 11.5 Å². The lowest BCUT2D eigenvalue weighted by atomic mass is 10.0. The van der Waals surface area contributed by atoms with Crippen LogP contribution in [0.1, 0.15) is 45.7 Å². The van der Waals surface area contributed by atoms with Crippen LogP contribution in [0.2, 0.25) is 0 Å². The molecule has 0 aliphatic carbocycles. The molecular weight excluding hydrogens is 452 g/mol. The number of anilines is 2. The largest absolute Gasteiger partial charge is 0.497 e. The number of hydrogen-bond acceptors (Lipinski definition) is 7. The fourth-order valence-corrected chi connectivity index (χ4v) is 4.65. The number of hydrogen-bond donors (Lipinski definition) is 2. The van der Waals surface area contributed by atoms with Gasteiger partial charge in [0, 0.05) is 17.8 Å². The summed E-state index contributed by atoms with van der Waals surface area (Å²) in [6, 6.07) is 12.7. The van der Waals surface area contributed by atoms with Gasteiger partial charge in [0.2, 0.25) is 0 Å². The first-order valence-corrected chi connectivity index (χ1v) is 11.9. The van der Waals surface area contributed by atoms with Gasteiger partial charge in [-0.3, -0.25) is 9.59 Å². The van der Waals surface area contributed by atoms with Gasteiger partial charge in [-0.15, -0.1) is 11.3 Å². The molecule has 3 N–H and O–H groups in total. The second-order valence-corrected chi connectivity index (χ2v) is 9.46. The van der Waals surface area contributed by atoms with Crippen LogP contribution in [0.15, 0.2) is 42.5 Å². The van der Waals surface area contributed by atoms with E-state index in [9.17, 15) is 9.59 Å². The van der Waals surface area contributed by atoms with Crippen molar-refractivity contribution in [3.05, 3.63) is 63.6 Å². The quantitative estimate of drug-likeness (QED) is 0.494. The Hall–Kier alpha value is -3.59. The number of carbonyl (C=O) groups is 2. The molecule has 3 aromatic rings. The van der Waals surface area contributed by atoms with Crippen LogP contribution in [0.5, 0.6) is 11.5 Å². The van der Waals surface area contributed by atoms with Crippen molar-refractivity contribution < 1.29 is 19.1 Å². The van der Waals surface area contributed by atoms with Crippen molar-refractivity contribution in [1.82, 2.24) is 9.88 Å². The van der Waals surface area contributed by atoms with Gasteiger partial charge in [0.25, 0.3) is 11.8 Å². The molecule has 1 aliphatic heterocycles. The molecule has 1 aliphatic rings. The summed E-state index contributed by atoms with van der Waals surface area (Å²) in [4.78, 5) is 32.7. The zero-order valence-corrected chi connectivity index (χ0v) is 20.3. The van der Waals surface area contributed by atoms with Crippen LogP contribution in [-0.2, 0) is 17.8 Å². The summed E-state index contributed by atoms with van der Waals surface area (Å²) in [7, 11) is 1.60. The first-order chi connectivity index (χ1) is 16.3. The van der Waals surface area contributed by atoms with E-state index in [0.717, 1.165) is 21.9 Å². The number of methoxy groups -OCH3 is 1. The van der Waals surface area contributed by atoms with E-state index in [1.54, 1.807) is 42.3 Å². The van der Waals surface area contributed by atoms with Crippen LogP contribution < -0.4 is 20.5 Å². The molecule has 0 saturated heterocycles. The Kier molecular flexibility index (Phi) is 7.02. The van der Waals surface area contributed by atoms with Crippen molar-refractivity contribution in [1.29, 1.82) is 0 Å². The van der Waals surface area contributed by atoms with Gasteiger partial charge in [-0.1, -0.05) is 19.9 Å². The van der Waals surface area contributed by atoms with Gasteiger partial charge in [-0.25, -0.2) is 4.98 Å². The minimum Gasteiger partial charge on any atom is -0.497 e. The van der Waals surface area contributed by atoms with Gasteiger partial charge >= 0.3 is 0 Å². The third kappa shape index (κ3) is 5.31. The van der Waals surface area contributed by atoms with Crippen LogP contribution in [0.3, 0.4) is 0 Å². The minimum absolute atomic E-state index is 0.0563. The van der Waals surface area contributed by atoms with E-state index in [1.807, 2.05) is 12.1 Å². The molecular formula is C25H28N4O4S. The fraction of sp³-hybridized carbons (Fsp3) is 0.320. The number of aromatic nitrogens is 1. The highest BCUT2D eigenvalue weighted by Gasteiger charge is 2.26. The standard InChI is InChI=1S/C25H28N4O4S/c1-15(2)16-4-9-19(26)21(12-16)27-24(31)25-28-20-10-11-29(13-22(20)34-25)23(30)14-33-18-7-5-17(32-3)6-8-18/h4-9,12,15H,10-11,13-14,26H2,1-3H3,(H,27,31). The van der Waals surface area contributed by atoms with Crippen LogP contribution in [-0.4, -0.2) is 42.0 Å². The maximum absolute atomic E-state index is 12.9. The fourth-order valence-electron chi connectivity index (χ4n) is 3.63. The Morgan fingerprint density at radius 2 is 1.91 bits per heavy atom. The second-order valence-electron chi connectivity index (χ2n) is 8.37. The molecule has 0 saturated carbocycles. The Morgan fingerprint density at radius 1 is 1.18 bits per heavy atom. The van der Waals surface area contributed by atoms with E-state index in [1.165, 1.54) is 11.3 Å². The Bertz CT molecular complexity index is 1190. The lowest BCUT2D eigenvalue weighted by Crippen LogP contribution is -2.38. The number of fused-ring (bicyclic) bond motifs is 1. The average molecular weight is 481 g/mol. The van der Waals surface area contributed by atoms with E-state index in [0.29, 0.717) is 47.6 Å². The van der Waals surface area contributed by atoms with Gasteiger partial charge in [-0.05, 0) is 47.9 Å². The predicted molar refractivity (Wildman–Crippen MR) is 133 cm³/mol. The molecule has 2 heterocycles. The molecule has 0 bridgehead atoms. The van der Waals surface area contributed by atoms with Crippen LogP contribution in [0, 0.1) is 0 Å². The number of carbonyl (C=O) groups excluding carboxylic acids is 2. The summed E-state index contributed by atoms with van der Waals surface area (Å²) in [6.45, 7) is 5.06. The number of nitrogens with one attached hydrogen (secondary N) is 1. The number of nitrogens with two attached hydrogens (primary N) is 1. The van der Waals surface area contributed by atoms with Crippen molar-refractivity contribution in [3.63, 3.8) is 0 Å². The van der Waals surface area contributed by atoms with E-state index in [2.05, 4.69) is 24.1 Å². The topological polar surface area (TPSA) is 107 Å². The molecule has 9 heteroatoms. The highest BCUT2D eigenvalue weighted by Crippen LogP contribution is 2.28. The third-order valence-electron chi connectivity index (χ3n) is 5.69. The van der Waals surface area contributed by atoms with Gasteiger partial charge in [-0.2, -0.15) is 0 Å². The minimum atomic E-state index is -0.298. The molecule has 0 spiro atoms. The lowest BCUT2D eigenvalue weighted by Gasteiger charge is -2.26. The SMILES string of the molecule is COc1ccc(OCC(=O)N2CCc3nc(C(=O)Nc4cc(C(C)C)ccc4N)sc3C2)cc1. The van der Waals surface area contributed by atoms with E-state index >= 15 is 0 Å². The molecule has 0 unspecified atom stereocenters. The van der Waals surface area contributed by atoms with Crippen molar-refractivity contribution in [2.75, 3.05) is 31.3 Å². The summed E-state index contributed by atoms with van der Waals surface area (Å²) in [5, 5.41) is 3.25. The number of benzene rings is 2. The third-order valence-corrected chi connectivity index (χ3v) is 6.77. The molecule has 2 aromatic carbocycles. The number of thiazole rings is 1. The highest BCUT2D eigenvalue weighted by atomic mass is 32.1. The molecule has 4 rings (SSSR count). The number of nitrogens with zero attached hydrogens (tertiary/aromatic N) is 2. The monoisotopic (exact) mass is 480 g/mol. The molecule has 1 aromatic heterocycles. The zero-order valence-electron chi connectivity index (χ0n) is 19.5. The van der Waals surface area contributed by atoms with E-state index < -0.39 is 0 Å². The summed E-state index contributed by atoms with van der Waals surface area (Å²) in [5.41, 5.74) is 9.10.